The van der Waals surface area contributed by atoms with Crippen molar-refractivity contribution in [2.24, 2.45) is 5.73 Å². The molecule has 0 saturated carbocycles. The lowest BCUT2D eigenvalue weighted by Crippen LogP contribution is -2.35. The molecule has 2 aromatic heterocycles. The van der Waals surface area contributed by atoms with Crippen LogP contribution < -0.4 is 11.1 Å². The highest BCUT2D eigenvalue weighted by atomic mass is 16.2. The van der Waals surface area contributed by atoms with Crippen molar-refractivity contribution in [3.05, 3.63) is 31.0 Å². The fraction of sp³-hybridized carbons (Fsp3) is 0.385. The van der Waals surface area contributed by atoms with E-state index in [0.717, 1.165) is 12.8 Å². The second kappa shape index (κ2) is 6.76. The van der Waals surface area contributed by atoms with Crippen LogP contribution in [0.2, 0.25) is 0 Å². The lowest BCUT2D eigenvalue weighted by Gasteiger charge is -2.13. The molecule has 1 atom stereocenters. The van der Waals surface area contributed by atoms with Crippen molar-refractivity contribution in [3.63, 3.8) is 0 Å². The summed E-state index contributed by atoms with van der Waals surface area (Å²) in [4.78, 5) is 20.1. The predicted octanol–water partition coefficient (Wildman–Crippen LogP) is 1.12. The molecule has 0 aliphatic rings. The molecule has 0 spiro atoms. The first-order valence-electron chi connectivity index (χ1n) is 6.59. The fourth-order valence-corrected chi connectivity index (χ4v) is 1.78. The number of anilines is 1. The summed E-state index contributed by atoms with van der Waals surface area (Å²) in [6.07, 6.45) is 7.17. The van der Waals surface area contributed by atoms with Crippen LogP contribution in [0.3, 0.4) is 0 Å². The molecule has 0 saturated heterocycles. The number of unbranched alkanes of at least 4 members (excludes halogenated alkanes) is 1. The molecule has 2 aromatic rings. The number of amides is 1. The summed E-state index contributed by atoms with van der Waals surface area (Å²) in [6.45, 7) is 2.06. The quantitative estimate of drug-likeness (QED) is 0.822. The van der Waals surface area contributed by atoms with Crippen LogP contribution in [-0.4, -0.2) is 31.7 Å². The average Bonchev–Trinajstić information content (AvgIpc) is 2.99. The molecule has 0 aliphatic carbocycles. The maximum atomic E-state index is 12.0. The number of carbonyl (C=O) groups is 1. The van der Waals surface area contributed by atoms with Crippen LogP contribution in [0.4, 0.5) is 5.69 Å². The molecule has 2 heterocycles. The van der Waals surface area contributed by atoms with Crippen molar-refractivity contribution < 1.29 is 4.79 Å². The smallest absolute Gasteiger partial charge is 0.241 e. The first-order valence-corrected chi connectivity index (χ1v) is 6.59. The molecule has 3 N–H and O–H groups in total. The summed E-state index contributed by atoms with van der Waals surface area (Å²) in [5.41, 5.74) is 6.42. The lowest BCUT2D eigenvalue weighted by molar-refractivity contribution is -0.117. The lowest BCUT2D eigenvalue weighted by atomic mass is 10.1. The van der Waals surface area contributed by atoms with Gasteiger partial charge in [0.25, 0.3) is 0 Å². The first kappa shape index (κ1) is 14.1. The summed E-state index contributed by atoms with van der Waals surface area (Å²) >= 11 is 0. The van der Waals surface area contributed by atoms with Gasteiger partial charge < -0.3 is 11.1 Å². The molecule has 0 aromatic carbocycles. The van der Waals surface area contributed by atoms with E-state index < -0.39 is 6.04 Å². The van der Waals surface area contributed by atoms with Crippen molar-refractivity contribution in [2.75, 3.05) is 5.32 Å². The van der Waals surface area contributed by atoms with Gasteiger partial charge in [0.15, 0.2) is 5.82 Å². The third-order valence-corrected chi connectivity index (χ3v) is 2.89. The molecular weight excluding hydrogens is 256 g/mol. The number of carbonyl (C=O) groups excluding carboxylic acids is 1. The SMILES string of the molecule is CCCC[C@H](N)C(=O)Nc1cccnc1-n1cncn1. The Hall–Kier alpha value is -2.28. The molecule has 1 amide bonds. The van der Waals surface area contributed by atoms with Crippen molar-refractivity contribution in [2.45, 2.75) is 32.2 Å². The standard InChI is InChI=1S/C13H18N6O/c1-2-3-5-10(14)13(20)18-11-6-4-7-16-12(11)19-9-15-8-17-19/h4,6-10H,2-3,5,14H2,1H3,(H,18,20)/t10-/m0/s1. The van der Waals surface area contributed by atoms with E-state index in [1.807, 2.05) is 0 Å². The number of hydrogen-bond donors (Lipinski definition) is 2. The molecule has 0 unspecified atom stereocenters. The summed E-state index contributed by atoms with van der Waals surface area (Å²) in [5.74, 6) is 0.300. The molecular formula is C13H18N6O. The van der Waals surface area contributed by atoms with Crippen LogP contribution in [0, 0.1) is 0 Å². The molecule has 20 heavy (non-hydrogen) atoms. The van der Waals surface area contributed by atoms with E-state index in [2.05, 4.69) is 27.3 Å². The van der Waals surface area contributed by atoms with E-state index >= 15 is 0 Å². The monoisotopic (exact) mass is 274 g/mol. The van der Waals surface area contributed by atoms with Gasteiger partial charge in [-0.2, -0.15) is 5.10 Å². The Morgan fingerprint density at radius 3 is 3.10 bits per heavy atom. The van der Waals surface area contributed by atoms with Gasteiger partial charge in [-0.3, -0.25) is 4.79 Å². The summed E-state index contributed by atoms with van der Waals surface area (Å²) < 4.78 is 1.49. The second-order valence-electron chi connectivity index (χ2n) is 4.45. The van der Waals surface area contributed by atoms with Gasteiger partial charge in [0, 0.05) is 6.20 Å². The van der Waals surface area contributed by atoms with E-state index in [0.29, 0.717) is 17.9 Å². The molecule has 106 valence electrons. The largest absolute Gasteiger partial charge is 0.322 e. The molecule has 2 rings (SSSR count). The summed E-state index contributed by atoms with van der Waals surface area (Å²) in [7, 11) is 0. The Labute approximate surface area is 117 Å². The Kier molecular flexibility index (Phi) is 4.78. The Bertz CT molecular complexity index is 554. The zero-order valence-corrected chi connectivity index (χ0v) is 11.4. The highest BCUT2D eigenvalue weighted by molar-refractivity contribution is 5.95. The molecule has 0 bridgehead atoms. The number of aromatic nitrogens is 4. The third kappa shape index (κ3) is 3.39. The minimum absolute atomic E-state index is 0.215. The summed E-state index contributed by atoms with van der Waals surface area (Å²) in [5, 5.41) is 6.80. The number of nitrogens with one attached hydrogen (secondary N) is 1. The van der Waals surface area contributed by atoms with Gasteiger partial charge in [-0.25, -0.2) is 14.6 Å². The summed E-state index contributed by atoms with van der Waals surface area (Å²) in [6, 6.07) is 2.99. The number of nitrogens with zero attached hydrogens (tertiary/aromatic N) is 4. The van der Waals surface area contributed by atoms with Gasteiger partial charge in [-0.1, -0.05) is 19.8 Å². The van der Waals surface area contributed by atoms with E-state index in [1.54, 1.807) is 18.3 Å². The maximum absolute atomic E-state index is 12.0. The van der Waals surface area contributed by atoms with Crippen molar-refractivity contribution in [3.8, 4) is 5.82 Å². The molecule has 0 radical (unpaired) electrons. The first-order chi connectivity index (χ1) is 9.72. The topological polar surface area (TPSA) is 98.7 Å². The minimum Gasteiger partial charge on any atom is -0.322 e. The van der Waals surface area contributed by atoms with Crippen molar-refractivity contribution >= 4 is 11.6 Å². The zero-order chi connectivity index (χ0) is 14.4. The highest BCUT2D eigenvalue weighted by Gasteiger charge is 2.15. The minimum atomic E-state index is -0.515. The third-order valence-electron chi connectivity index (χ3n) is 2.89. The van der Waals surface area contributed by atoms with Gasteiger partial charge in [0.1, 0.15) is 12.7 Å². The molecule has 7 nitrogen and oxygen atoms in total. The van der Waals surface area contributed by atoms with Crippen LogP contribution in [0.5, 0.6) is 0 Å². The Morgan fingerprint density at radius 2 is 2.40 bits per heavy atom. The van der Waals surface area contributed by atoms with Crippen LogP contribution >= 0.6 is 0 Å². The van der Waals surface area contributed by atoms with Gasteiger partial charge >= 0.3 is 0 Å². The highest BCUT2D eigenvalue weighted by Crippen LogP contribution is 2.16. The normalized spacial score (nSPS) is 12.1. The number of pyridine rings is 1. The van der Waals surface area contributed by atoms with Crippen LogP contribution in [-0.2, 0) is 4.79 Å². The van der Waals surface area contributed by atoms with Crippen molar-refractivity contribution in [1.82, 2.24) is 19.7 Å². The van der Waals surface area contributed by atoms with Crippen LogP contribution in [0.1, 0.15) is 26.2 Å². The number of hydrogen-bond acceptors (Lipinski definition) is 5. The fourth-order valence-electron chi connectivity index (χ4n) is 1.78. The Morgan fingerprint density at radius 1 is 1.55 bits per heavy atom. The maximum Gasteiger partial charge on any atom is 0.241 e. The predicted molar refractivity (Wildman–Crippen MR) is 75.3 cm³/mol. The van der Waals surface area contributed by atoms with Crippen LogP contribution in [0.25, 0.3) is 5.82 Å². The second-order valence-corrected chi connectivity index (χ2v) is 4.45. The van der Waals surface area contributed by atoms with E-state index in [1.165, 1.54) is 17.3 Å². The van der Waals surface area contributed by atoms with Crippen LogP contribution in [0.15, 0.2) is 31.0 Å². The van der Waals surface area contributed by atoms with E-state index in [-0.39, 0.29) is 5.91 Å². The van der Waals surface area contributed by atoms with Gasteiger partial charge in [0.2, 0.25) is 5.91 Å². The Balaban J connectivity index is 2.12. The number of nitrogens with two attached hydrogens (primary N) is 1. The zero-order valence-electron chi connectivity index (χ0n) is 11.4. The van der Waals surface area contributed by atoms with E-state index in [4.69, 9.17) is 5.73 Å². The molecule has 0 aliphatic heterocycles. The van der Waals surface area contributed by atoms with Crippen molar-refractivity contribution in [1.29, 1.82) is 0 Å². The van der Waals surface area contributed by atoms with Gasteiger partial charge in [-0.05, 0) is 18.6 Å². The molecule has 7 heteroatoms. The average molecular weight is 274 g/mol. The van der Waals surface area contributed by atoms with Gasteiger partial charge in [-0.15, -0.1) is 0 Å². The molecule has 0 fully saturated rings. The number of rotatable bonds is 6. The van der Waals surface area contributed by atoms with E-state index in [9.17, 15) is 4.79 Å². The van der Waals surface area contributed by atoms with Gasteiger partial charge in [0.05, 0.1) is 11.7 Å².